The molecule has 1 unspecified atom stereocenters. The number of ether oxygens (including phenoxy) is 1. The summed E-state index contributed by atoms with van der Waals surface area (Å²) in [7, 11) is 0. The zero-order valence-corrected chi connectivity index (χ0v) is 10.4. The van der Waals surface area contributed by atoms with Crippen LogP contribution in [-0.4, -0.2) is 11.6 Å². The smallest absolute Gasteiger partial charge is 0.173 e. The molecule has 0 bridgehead atoms. The summed E-state index contributed by atoms with van der Waals surface area (Å²) in [5.41, 5.74) is 2.93. The second kappa shape index (κ2) is 3.35. The number of hydrogen-bond donors (Lipinski definition) is 0. The van der Waals surface area contributed by atoms with E-state index >= 15 is 0 Å². The molecule has 2 aromatic heterocycles. The van der Waals surface area contributed by atoms with Gasteiger partial charge in [-0.1, -0.05) is 0 Å². The average molecular weight is 286 g/mol. The highest BCUT2D eigenvalue weighted by molar-refractivity contribution is 9.10. The average Bonchev–Trinajstić information content (AvgIpc) is 2.81. The van der Waals surface area contributed by atoms with Crippen molar-refractivity contribution >= 4 is 27.3 Å². The van der Waals surface area contributed by atoms with E-state index in [1.807, 2.05) is 18.5 Å². The van der Waals surface area contributed by atoms with Gasteiger partial charge in [-0.3, -0.25) is 0 Å². The highest BCUT2D eigenvalue weighted by Gasteiger charge is 2.32. The molecule has 3 nitrogen and oxygen atoms in total. The van der Waals surface area contributed by atoms with Crippen molar-refractivity contribution in [3.8, 4) is 5.75 Å². The Morgan fingerprint density at radius 2 is 2.47 bits per heavy atom. The standard InChI is InChI=1S/C10H8BrNO2S/c1-5-10(15-4-12-5)6-3-13-7-2-8(11)14-9(6)7/h2,4,6H,3H2,1H3. The summed E-state index contributed by atoms with van der Waals surface area (Å²) in [6, 6.07) is 1.87. The van der Waals surface area contributed by atoms with Gasteiger partial charge in [0, 0.05) is 10.9 Å². The van der Waals surface area contributed by atoms with E-state index in [9.17, 15) is 0 Å². The monoisotopic (exact) mass is 285 g/mol. The van der Waals surface area contributed by atoms with Gasteiger partial charge in [-0.05, 0) is 22.9 Å². The molecule has 0 fully saturated rings. The van der Waals surface area contributed by atoms with E-state index in [2.05, 4.69) is 20.9 Å². The number of aromatic nitrogens is 1. The number of hydrogen-bond acceptors (Lipinski definition) is 4. The zero-order chi connectivity index (χ0) is 10.4. The molecule has 0 radical (unpaired) electrons. The summed E-state index contributed by atoms with van der Waals surface area (Å²) in [6.45, 7) is 2.67. The van der Waals surface area contributed by atoms with Gasteiger partial charge >= 0.3 is 0 Å². The van der Waals surface area contributed by atoms with E-state index < -0.39 is 0 Å². The third kappa shape index (κ3) is 1.41. The second-order valence-electron chi connectivity index (χ2n) is 3.44. The SMILES string of the molecule is Cc1ncsc1C1COc2cc(Br)oc21. The summed E-state index contributed by atoms with van der Waals surface area (Å²) in [5, 5.41) is 0. The summed E-state index contributed by atoms with van der Waals surface area (Å²) < 4.78 is 11.9. The minimum Gasteiger partial charge on any atom is -0.489 e. The molecule has 3 heterocycles. The molecule has 0 aromatic carbocycles. The van der Waals surface area contributed by atoms with Crippen molar-refractivity contribution < 1.29 is 9.15 Å². The first-order valence-electron chi connectivity index (χ1n) is 4.57. The van der Waals surface area contributed by atoms with E-state index in [4.69, 9.17) is 9.15 Å². The molecule has 2 aromatic rings. The Labute approximate surface area is 99.2 Å². The second-order valence-corrected chi connectivity index (χ2v) is 5.11. The summed E-state index contributed by atoms with van der Waals surface area (Å²) in [6.07, 6.45) is 0. The molecule has 0 amide bonds. The molecule has 0 saturated heterocycles. The minimum absolute atomic E-state index is 0.207. The lowest BCUT2D eigenvalue weighted by atomic mass is 10.1. The predicted molar refractivity (Wildman–Crippen MR) is 60.6 cm³/mol. The van der Waals surface area contributed by atoms with Gasteiger partial charge in [-0.25, -0.2) is 4.98 Å². The van der Waals surface area contributed by atoms with Crippen molar-refractivity contribution in [1.82, 2.24) is 4.98 Å². The fourth-order valence-electron chi connectivity index (χ4n) is 1.80. The fourth-order valence-corrected chi connectivity index (χ4v) is 3.07. The van der Waals surface area contributed by atoms with Crippen LogP contribution in [0.15, 0.2) is 20.7 Å². The molecule has 15 heavy (non-hydrogen) atoms. The van der Waals surface area contributed by atoms with Gasteiger partial charge in [0.25, 0.3) is 0 Å². The number of aryl methyl sites for hydroxylation is 1. The lowest BCUT2D eigenvalue weighted by molar-refractivity contribution is 0.340. The Hall–Kier alpha value is -0.810. The van der Waals surface area contributed by atoms with Crippen LogP contribution >= 0.6 is 27.3 Å². The van der Waals surface area contributed by atoms with Gasteiger partial charge in [-0.15, -0.1) is 11.3 Å². The van der Waals surface area contributed by atoms with Crippen molar-refractivity contribution in [2.45, 2.75) is 12.8 Å². The molecule has 1 aliphatic rings. The number of furan rings is 1. The van der Waals surface area contributed by atoms with Crippen LogP contribution in [0.2, 0.25) is 0 Å². The highest BCUT2D eigenvalue weighted by Crippen LogP contribution is 2.43. The molecular weight excluding hydrogens is 278 g/mol. The number of thiazole rings is 1. The van der Waals surface area contributed by atoms with Crippen LogP contribution in [0.3, 0.4) is 0 Å². The van der Waals surface area contributed by atoms with E-state index in [-0.39, 0.29) is 5.92 Å². The van der Waals surface area contributed by atoms with Crippen LogP contribution in [0, 0.1) is 6.92 Å². The molecule has 0 N–H and O–H groups in total. The fraction of sp³-hybridized carbons (Fsp3) is 0.300. The lowest BCUT2D eigenvalue weighted by Crippen LogP contribution is -2.02. The van der Waals surface area contributed by atoms with Crippen LogP contribution in [0.5, 0.6) is 5.75 Å². The van der Waals surface area contributed by atoms with Crippen LogP contribution in [0.25, 0.3) is 0 Å². The third-order valence-corrected chi connectivity index (χ3v) is 3.95. The maximum Gasteiger partial charge on any atom is 0.173 e. The Balaban J connectivity index is 2.07. The summed E-state index contributed by atoms with van der Waals surface area (Å²) >= 11 is 4.96. The highest BCUT2D eigenvalue weighted by atomic mass is 79.9. The van der Waals surface area contributed by atoms with Crippen molar-refractivity contribution in [2.24, 2.45) is 0 Å². The molecule has 5 heteroatoms. The minimum atomic E-state index is 0.207. The van der Waals surface area contributed by atoms with Crippen molar-refractivity contribution in [3.63, 3.8) is 0 Å². The maximum absolute atomic E-state index is 5.59. The molecule has 1 atom stereocenters. The Morgan fingerprint density at radius 3 is 3.20 bits per heavy atom. The first-order valence-corrected chi connectivity index (χ1v) is 6.25. The normalized spacial score (nSPS) is 18.9. The number of fused-ring (bicyclic) bond motifs is 1. The zero-order valence-electron chi connectivity index (χ0n) is 7.99. The van der Waals surface area contributed by atoms with Crippen LogP contribution in [-0.2, 0) is 0 Å². The molecule has 0 aliphatic carbocycles. The van der Waals surface area contributed by atoms with Crippen molar-refractivity contribution in [3.05, 3.63) is 32.6 Å². The van der Waals surface area contributed by atoms with E-state index in [0.29, 0.717) is 6.61 Å². The van der Waals surface area contributed by atoms with E-state index in [1.165, 1.54) is 4.88 Å². The van der Waals surface area contributed by atoms with Gasteiger partial charge in [0.2, 0.25) is 0 Å². The van der Waals surface area contributed by atoms with Crippen LogP contribution < -0.4 is 4.74 Å². The lowest BCUT2D eigenvalue weighted by Gasteiger charge is -2.04. The Bertz CT molecular complexity index is 505. The first kappa shape index (κ1) is 9.42. The predicted octanol–water partition coefficient (Wildman–Crippen LogP) is 3.33. The number of halogens is 1. The summed E-state index contributed by atoms with van der Waals surface area (Å²) in [5.74, 6) is 1.97. The van der Waals surface area contributed by atoms with Crippen LogP contribution in [0.4, 0.5) is 0 Å². The Kier molecular flexibility index (Phi) is 2.10. The van der Waals surface area contributed by atoms with Crippen molar-refractivity contribution in [2.75, 3.05) is 6.61 Å². The van der Waals surface area contributed by atoms with Gasteiger partial charge in [-0.2, -0.15) is 0 Å². The van der Waals surface area contributed by atoms with Gasteiger partial charge in [0.15, 0.2) is 16.2 Å². The third-order valence-electron chi connectivity index (χ3n) is 2.52. The topological polar surface area (TPSA) is 35.3 Å². The van der Waals surface area contributed by atoms with Crippen molar-refractivity contribution in [1.29, 1.82) is 0 Å². The summed E-state index contributed by atoms with van der Waals surface area (Å²) in [4.78, 5) is 5.48. The van der Waals surface area contributed by atoms with Gasteiger partial charge in [0.1, 0.15) is 6.61 Å². The number of nitrogens with zero attached hydrogens (tertiary/aromatic N) is 1. The van der Waals surface area contributed by atoms with E-state index in [0.717, 1.165) is 21.9 Å². The number of rotatable bonds is 1. The molecule has 1 aliphatic heterocycles. The molecule has 0 spiro atoms. The van der Waals surface area contributed by atoms with Crippen LogP contribution in [0.1, 0.15) is 22.2 Å². The first-order chi connectivity index (χ1) is 7.25. The molecule has 0 saturated carbocycles. The van der Waals surface area contributed by atoms with Gasteiger partial charge < -0.3 is 9.15 Å². The van der Waals surface area contributed by atoms with Gasteiger partial charge in [0.05, 0.1) is 17.1 Å². The maximum atomic E-state index is 5.59. The Morgan fingerprint density at radius 1 is 1.60 bits per heavy atom. The molecular formula is C10H8BrNO2S. The molecule has 3 rings (SSSR count). The molecule has 78 valence electrons. The van der Waals surface area contributed by atoms with E-state index in [1.54, 1.807) is 11.3 Å². The quantitative estimate of drug-likeness (QED) is 0.806. The largest absolute Gasteiger partial charge is 0.489 e.